The van der Waals surface area contributed by atoms with Crippen molar-refractivity contribution in [3.8, 4) is 0 Å². The largest absolute Gasteiger partial charge is 0.343 e. The second-order valence-electron chi connectivity index (χ2n) is 9.95. The van der Waals surface area contributed by atoms with Gasteiger partial charge in [0.05, 0.1) is 4.92 Å². The molecule has 1 amide bonds. The molecule has 11 heteroatoms. The maximum atomic E-state index is 11.5. The summed E-state index contributed by atoms with van der Waals surface area (Å²) in [6, 6.07) is 13.1. The lowest BCUT2D eigenvalue weighted by Crippen LogP contribution is -2.34. The molecule has 1 saturated heterocycles. The van der Waals surface area contributed by atoms with Gasteiger partial charge in [0.1, 0.15) is 0 Å². The van der Waals surface area contributed by atoms with E-state index >= 15 is 0 Å². The number of halogens is 2. The monoisotopic (exact) mass is 575 g/mol. The first kappa shape index (κ1) is 30.6. The minimum Gasteiger partial charge on any atom is -0.343 e. The highest BCUT2D eigenvalue weighted by molar-refractivity contribution is 5.93. The van der Waals surface area contributed by atoms with Crippen LogP contribution in [0.2, 0.25) is 0 Å². The van der Waals surface area contributed by atoms with Gasteiger partial charge in [0, 0.05) is 74.0 Å². The first-order valence-electron chi connectivity index (χ1n) is 13.0. The zero-order valence-corrected chi connectivity index (χ0v) is 23.4. The van der Waals surface area contributed by atoms with Crippen LogP contribution in [-0.4, -0.2) is 56.6 Å². The number of nitrogens with zero attached hydrogens (tertiary/aromatic N) is 4. The van der Waals surface area contributed by atoms with Gasteiger partial charge in [0.25, 0.3) is 11.6 Å². The molecule has 0 atom stereocenters. The van der Waals surface area contributed by atoms with Crippen LogP contribution in [0.25, 0.3) is 17.0 Å². The molecule has 0 unspecified atom stereocenters. The number of carbonyl (C=O) groups is 1. The Morgan fingerprint density at radius 2 is 1.74 bits per heavy atom. The number of rotatable bonds is 8. The van der Waals surface area contributed by atoms with Crippen molar-refractivity contribution in [1.29, 1.82) is 0 Å². The molecule has 2 aromatic carbocycles. The quantitative estimate of drug-likeness (QED) is 0.170. The summed E-state index contributed by atoms with van der Waals surface area (Å²) in [7, 11) is 0. The lowest BCUT2D eigenvalue weighted by molar-refractivity contribution is -0.384. The Labute approximate surface area is 240 Å². The van der Waals surface area contributed by atoms with Crippen LogP contribution in [0.5, 0.6) is 0 Å². The summed E-state index contributed by atoms with van der Waals surface area (Å²) in [6.45, 7) is 6.79. The van der Waals surface area contributed by atoms with E-state index in [1.807, 2.05) is 18.2 Å². The minimum absolute atomic E-state index is 0. The van der Waals surface area contributed by atoms with E-state index in [1.165, 1.54) is 60.6 Å². The highest BCUT2D eigenvalue weighted by Gasteiger charge is 2.25. The van der Waals surface area contributed by atoms with E-state index in [0.717, 1.165) is 50.3 Å². The summed E-state index contributed by atoms with van der Waals surface area (Å²) in [6.07, 6.45) is 7.85. The molecule has 0 bridgehead atoms. The average molecular weight is 577 g/mol. The molecule has 39 heavy (non-hydrogen) atoms. The van der Waals surface area contributed by atoms with Gasteiger partial charge in [-0.1, -0.05) is 24.6 Å². The molecule has 3 aromatic rings. The molecule has 1 fully saturated rings. The number of piperidine rings is 1. The Kier molecular flexibility index (Phi) is 10.9. The smallest absolute Gasteiger partial charge is 0.269 e. The summed E-state index contributed by atoms with van der Waals surface area (Å²) in [5.74, 6) is -0.560. The lowest BCUT2D eigenvalue weighted by atomic mass is 10.0. The molecule has 0 spiro atoms. The third-order valence-corrected chi connectivity index (χ3v) is 7.54. The normalized spacial score (nSPS) is 15.9. The fourth-order valence-electron chi connectivity index (χ4n) is 5.63. The van der Waals surface area contributed by atoms with Crippen LogP contribution < -0.4 is 5.48 Å². The fourth-order valence-corrected chi connectivity index (χ4v) is 5.63. The second kappa shape index (κ2) is 13.9. The molecule has 210 valence electrons. The molecule has 3 heterocycles. The van der Waals surface area contributed by atoms with Crippen molar-refractivity contribution in [1.82, 2.24) is 19.8 Å². The van der Waals surface area contributed by atoms with Crippen LogP contribution in [0.15, 0.2) is 48.5 Å². The van der Waals surface area contributed by atoms with E-state index in [9.17, 15) is 14.9 Å². The van der Waals surface area contributed by atoms with Crippen LogP contribution in [-0.2, 0) is 30.8 Å². The van der Waals surface area contributed by atoms with Crippen LogP contribution in [0, 0.1) is 10.1 Å². The Balaban J connectivity index is 0.00000210. The highest BCUT2D eigenvalue weighted by Crippen LogP contribution is 2.33. The first-order valence-corrected chi connectivity index (χ1v) is 13.0. The third-order valence-electron chi connectivity index (χ3n) is 7.54. The van der Waals surface area contributed by atoms with Crippen molar-refractivity contribution >= 4 is 53.4 Å². The number of fused-ring (bicyclic) bond motifs is 3. The van der Waals surface area contributed by atoms with Gasteiger partial charge in [0.2, 0.25) is 0 Å². The maximum Gasteiger partial charge on any atom is 0.269 e. The molecule has 0 aliphatic carbocycles. The number of nitro groups is 1. The van der Waals surface area contributed by atoms with E-state index in [4.69, 9.17) is 5.21 Å². The Morgan fingerprint density at radius 1 is 1.00 bits per heavy atom. The molecule has 1 aromatic heterocycles. The Bertz CT molecular complexity index is 1320. The number of amides is 1. The van der Waals surface area contributed by atoms with Crippen LogP contribution >= 0.6 is 24.8 Å². The Morgan fingerprint density at radius 3 is 2.44 bits per heavy atom. The van der Waals surface area contributed by atoms with Crippen molar-refractivity contribution in [2.24, 2.45) is 0 Å². The summed E-state index contributed by atoms with van der Waals surface area (Å²) < 4.78 is 2.48. The van der Waals surface area contributed by atoms with Gasteiger partial charge < -0.3 is 9.47 Å². The van der Waals surface area contributed by atoms with Gasteiger partial charge >= 0.3 is 0 Å². The molecule has 9 nitrogen and oxygen atoms in total. The number of hydrogen-bond donors (Lipinski definition) is 2. The molecule has 2 N–H and O–H groups in total. The van der Waals surface area contributed by atoms with E-state index in [1.54, 1.807) is 23.7 Å². The standard InChI is InChI=1S/C28H33N5O4.2ClH/c34-28(29-35)11-7-21-6-10-26-24(18-21)25-20-31(19-22-4-8-23(9-5-22)33(36)37)15-12-27(25)32(26)17-16-30-13-2-1-3-14-30;;/h4-11,18,35H,1-3,12-17,19-20H2,(H,29,34);2*1H/b11-7+;;. The summed E-state index contributed by atoms with van der Waals surface area (Å²) in [5, 5.41) is 21.0. The van der Waals surface area contributed by atoms with Crippen LogP contribution in [0.1, 0.15) is 41.6 Å². The first-order chi connectivity index (χ1) is 18.0. The number of hydroxylamine groups is 1. The van der Waals surface area contributed by atoms with E-state index in [-0.39, 0.29) is 35.4 Å². The van der Waals surface area contributed by atoms with Crippen molar-refractivity contribution in [2.75, 3.05) is 26.2 Å². The number of hydrogen-bond acceptors (Lipinski definition) is 6. The molecule has 5 rings (SSSR count). The summed E-state index contributed by atoms with van der Waals surface area (Å²) in [4.78, 5) is 27.1. The maximum absolute atomic E-state index is 11.5. The van der Waals surface area contributed by atoms with Crippen molar-refractivity contribution < 1.29 is 14.9 Å². The van der Waals surface area contributed by atoms with Gasteiger partial charge in [0.15, 0.2) is 0 Å². The van der Waals surface area contributed by atoms with E-state index in [0.29, 0.717) is 0 Å². The highest BCUT2D eigenvalue weighted by atomic mass is 35.5. The molecule has 2 aliphatic rings. The fraction of sp³-hybridized carbons (Fsp3) is 0.393. The predicted octanol–water partition coefficient (Wildman–Crippen LogP) is 4.96. The summed E-state index contributed by atoms with van der Waals surface area (Å²) >= 11 is 0. The van der Waals surface area contributed by atoms with Gasteiger partial charge in [-0.25, -0.2) is 5.48 Å². The third kappa shape index (κ3) is 7.17. The van der Waals surface area contributed by atoms with Crippen molar-refractivity contribution in [3.63, 3.8) is 0 Å². The topological polar surface area (TPSA) is 104 Å². The minimum atomic E-state index is -0.560. The van der Waals surface area contributed by atoms with Crippen LogP contribution in [0.3, 0.4) is 0 Å². The van der Waals surface area contributed by atoms with E-state index < -0.39 is 5.91 Å². The zero-order chi connectivity index (χ0) is 25.8. The molecular weight excluding hydrogens is 541 g/mol. The molecule has 2 aliphatic heterocycles. The molecular formula is C28H35Cl2N5O4. The van der Waals surface area contributed by atoms with Crippen molar-refractivity contribution in [2.45, 2.75) is 45.3 Å². The van der Waals surface area contributed by atoms with Gasteiger partial charge in [-0.3, -0.25) is 25.0 Å². The van der Waals surface area contributed by atoms with Gasteiger partial charge in [-0.05, 0) is 60.8 Å². The zero-order valence-electron chi connectivity index (χ0n) is 21.8. The number of carbonyl (C=O) groups excluding carboxylic acids is 1. The van der Waals surface area contributed by atoms with E-state index in [2.05, 4.69) is 26.5 Å². The van der Waals surface area contributed by atoms with Crippen molar-refractivity contribution in [3.05, 3.63) is 81.0 Å². The Hall–Kier alpha value is -2.95. The number of non-ortho nitro benzene ring substituents is 1. The molecule has 0 radical (unpaired) electrons. The number of aromatic nitrogens is 1. The van der Waals surface area contributed by atoms with Gasteiger partial charge in [-0.15, -0.1) is 24.8 Å². The number of nitro benzene ring substituents is 1. The SMILES string of the molecule is Cl.Cl.O=C(/C=C/c1ccc2c(c1)c1c(n2CCN2CCCCC2)CCN(Cc2ccc([N+](=O)[O-])cc2)C1)NO. The average Bonchev–Trinajstić information content (AvgIpc) is 3.23. The number of likely N-dealkylation sites (tertiary alicyclic amines) is 1. The molecule has 0 saturated carbocycles. The predicted molar refractivity (Wildman–Crippen MR) is 157 cm³/mol. The summed E-state index contributed by atoms with van der Waals surface area (Å²) in [5.41, 5.74) is 7.60. The van der Waals surface area contributed by atoms with Gasteiger partial charge in [-0.2, -0.15) is 0 Å². The second-order valence-corrected chi connectivity index (χ2v) is 9.95. The number of benzene rings is 2. The van der Waals surface area contributed by atoms with Crippen LogP contribution in [0.4, 0.5) is 5.69 Å². The lowest BCUT2D eigenvalue weighted by Gasteiger charge is -2.29. The number of nitrogens with one attached hydrogen (secondary N) is 1.